The molecule has 8 heteroatoms. The topological polar surface area (TPSA) is 29.5 Å². The minimum Gasteiger partial charge on any atom is -0.508 e. The molecule has 0 spiro atoms. The van der Waals surface area contributed by atoms with Crippen LogP contribution in [0.4, 0.5) is 26.3 Å². The molecule has 2 aromatic carbocycles. The van der Waals surface area contributed by atoms with E-state index in [1.807, 2.05) is 0 Å². The molecule has 0 amide bonds. The van der Waals surface area contributed by atoms with Gasteiger partial charge in [-0.2, -0.15) is 13.2 Å². The fourth-order valence-corrected chi connectivity index (χ4v) is 2.10. The van der Waals surface area contributed by atoms with E-state index in [0.717, 1.165) is 24.3 Å². The van der Waals surface area contributed by atoms with Gasteiger partial charge in [0.05, 0.1) is 5.56 Å². The summed E-state index contributed by atoms with van der Waals surface area (Å²) in [5.74, 6) is -1.35. The minimum absolute atomic E-state index is 0.194. The van der Waals surface area contributed by atoms with E-state index in [1.54, 1.807) is 0 Å². The molecule has 0 aromatic heterocycles. The number of hydrogen-bond donors (Lipinski definition) is 1. The Balaban J connectivity index is 2.67. The molecule has 0 aliphatic carbocycles. The van der Waals surface area contributed by atoms with Crippen molar-refractivity contribution >= 4 is 5.76 Å². The zero-order valence-electron chi connectivity index (χ0n) is 11.9. The molecule has 0 heterocycles. The lowest BCUT2D eigenvalue weighted by Crippen LogP contribution is -2.18. The molecule has 0 unspecified atom stereocenters. The molecule has 0 saturated heterocycles. The molecule has 0 saturated carbocycles. The lowest BCUT2D eigenvalue weighted by molar-refractivity contribution is -0.274. The van der Waals surface area contributed by atoms with Crippen molar-refractivity contribution < 1.29 is 36.2 Å². The van der Waals surface area contributed by atoms with Crippen LogP contribution in [0.1, 0.15) is 11.1 Å². The average Bonchev–Trinajstić information content (AvgIpc) is 2.44. The molecule has 2 aromatic rings. The second kappa shape index (κ2) is 6.10. The van der Waals surface area contributed by atoms with Gasteiger partial charge < -0.3 is 9.84 Å². The van der Waals surface area contributed by atoms with E-state index >= 15 is 0 Å². The number of para-hydroxylation sites is 1. The van der Waals surface area contributed by atoms with Gasteiger partial charge in [-0.25, -0.2) is 0 Å². The maximum atomic E-state index is 13.3. The summed E-state index contributed by atoms with van der Waals surface area (Å²) in [6, 6.07) is 7.19. The van der Waals surface area contributed by atoms with Crippen LogP contribution >= 0.6 is 0 Å². The Morgan fingerprint density at radius 1 is 0.917 bits per heavy atom. The van der Waals surface area contributed by atoms with Gasteiger partial charge in [0.25, 0.3) is 0 Å². The quantitative estimate of drug-likeness (QED) is 0.561. The molecule has 0 atom stereocenters. The number of aliphatic hydroxyl groups is 1. The van der Waals surface area contributed by atoms with Gasteiger partial charge in [0.2, 0.25) is 0 Å². The first-order valence-corrected chi connectivity index (χ1v) is 6.43. The lowest BCUT2D eigenvalue weighted by Gasteiger charge is -2.18. The van der Waals surface area contributed by atoms with Gasteiger partial charge in [0.15, 0.2) is 0 Å². The van der Waals surface area contributed by atoms with Crippen molar-refractivity contribution in [2.45, 2.75) is 12.5 Å². The highest BCUT2D eigenvalue weighted by atomic mass is 19.4. The standard InChI is InChI=1S/C16H10F6O2/c1-9(23)10-6-7-11(13(8-10)15(17,18)19)12-4-2-3-5-14(12)24-16(20,21)22/h2-8,23H,1H2. The Kier molecular flexibility index (Phi) is 4.50. The number of hydrogen-bond acceptors (Lipinski definition) is 2. The zero-order valence-corrected chi connectivity index (χ0v) is 11.9. The first-order chi connectivity index (χ1) is 11.0. The number of ether oxygens (including phenoxy) is 1. The van der Waals surface area contributed by atoms with Crippen molar-refractivity contribution in [1.29, 1.82) is 0 Å². The number of alkyl halides is 6. The van der Waals surface area contributed by atoms with Crippen LogP contribution in [0.25, 0.3) is 16.9 Å². The van der Waals surface area contributed by atoms with Crippen molar-refractivity contribution in [1.82, 2.24) is 0 Å². The fourth-order valence-electron chi connectivity index (χ4n) is 2.10. The lowest BCUT2D eigenvalue weighted by atomic mass is 9.96. The van der Waals surface area contributed by atoms with Crippen LogP contribution in [-0.2, 0) is 6.18 Å². The van der Waals surface area contributed by atoms with E-state index in [9.17, 15) is 31.4 Å². The minimum atomic E-state index is -5.05. The number of benzene rings is 2. The second-order valence-electron chi connectivity index (χ2n) is 4.75. The van der Waals surface area contributed by atoms with Crippen LogP contribution in [0.5, 0.6) is 5.75 Å². The van der Waals surface area contributed by atoms with Gasteiger partial charge in [-0.15, -0.1) is 13.2 Å². The highest BCUT2D eigenvalue weighted by molar-refractivity contribution is 5.76. The predicted molar refractivity (Wildman–Crippen MR) is 75.2 cm³/mol. The van der Waals surface area contributed by atoms with E-state index in [-0.39, 0.29) is 11.1 Å². The van der Waals surface area contributed by atoms with E-state index < -0.39 is 35.2 Å². The van der Waals surface area contributed by atoms with E-state index in [1.165, 1.54) is 12.1 Å². The van der Waals surface area contributed by atoms with Crippen molar-refractivity contribution in [3.63, 3.8) is 0 Å². The van der Waals surface area contributed by atoms with Crippen molar-refractivity contribution in [3.05, 3.63) is 60.2 Å². The Morgan fingerprint density at radius 3 is 2.08 bits per heavy atom. The number of aliphatic hydroxyl groups excluding tert-OH is 1. The first kappa shape index (κ1) is 17.7. The molecule has 2 nitrogen and oxygen atoms in total. The Morgan fingerprint density at radius 2 is 1.54 bits per heavy atom. The van der Waals surface area contributed by atoms with Gasteiger partial charge in [-0.3, -0.25) is 0 Å². The van der Waals surface area contributed by atoms with Gasteiger partial charge >= 0.3 is 12.5 Å². The van der Waals surface area contributed by atoms with Gasteiger partial charge in [0.1, 0.15) is 11.5 Å². The molecule has 24 heavy (non-hydrogen) atoms. The van der Waals surface area contributed by atoms with Crippen molar-refractivity contribution in [2.75, 3.05) is 0 Å². The Labute approximate surface area is 132 Å². The van der Waals surface area contributed by atoms with E-state index in [0.29, 0.717) is 6.07 Å². The summed E-state index contributed by atoms with van der Waals surface area (Å²) < 4.78 is 81.0. The zero-order chi connectivity index (χ0) is 18.1. The van der Waals surface area contributed by atoms with Crippen LogP contribution in [0.2, 0.25) is 0 Å². The molecular weight excluding hydrogens is 338 g/mol. The summed E-state index contributed by atoms with van der Waals surface area (Å²) in [7, 11) is 0. The Bertz CT molecular complexity index is 762. The van der Waals surface area contributed by atoms with Gasteiger partial charge in [0, 0.05) is 11.1 Å². The maximum Gasteiger partial charge on any atom is 0.573 e. The summed E-state index contributed by atoms with van der Waals surface area (Å²) in [6.07, 6.45) is -9.90. The van der Waals surface area contributed by atoms with Crippen molar-refractivity contribution in [2.24, 2.45) is 0 Å². The largest absolute Gasteiger partial charge is 0.573 e. The summed E-state index contributed by atoms with van der Waals surface area (Å²) >= 11 is 0. The average molecular weight is 348 g/mol. The molecule has 128 valence electrons. The van der Waals surface area contributed by atoms with Crippen LogP contribution < -0.4 is 4.74 Å². The third-order valence-corrected chi connectivity index (χ3v) is 3.06. The summed E-state index contributed by atoms with van der Waals surface area (Å²) in [6.45, 7) is 3.13. The molecule has 0 fully saturated rings. The van der Waals surface area contributed by atoms with Crippen LogP contribution in [0.15, 0.2) is 49.0 Å². The Hall–Kier alpha value is -2.64. The molecule has 0 aliphatic heterocycles. The fraction of sp³-hybridized carbons (Fsp3) is 0.125. The molecule has 2 rings (SSSR count). The van der Waals surface area contributed by atoms with E-state index in [4.69, 9.17) is 0 Å². The third-order valence-electron chi connectivity index (χ3n) is 3.06. The highest BCUT2D eigenvalue weighted by Gasteiger charge is 2.36. The first-order valence-electron chi connectivity index (χ1n) is 6.43. The van der Waals surface area contributed by atoms with Crippen LogP contribution in [0.3, 0.4) is 0 Å². The molecule has 0 bridgehead atoms. The monoisotopic (exact) mass is 348 g/mol. The highest BCUT2D eigenvalue weighted by Crippen LogP contribution is 2.42. The number of rotatable bonds is 3. The van der Waals surface area contributed by atoms with Crippen LogP contribution in [0, 0.1) is 0 Å². The summed E-state index contributed by atoms with van der Waals surface area (Å²) in [4.78, 5) is 0. The van der Waals surface area contributed by atoms with Gasteiger partial charge in [-0.05, 0) is 17.7 Å². The second-order valence-corrected chi connectivity index (χ2v) is 4.75. The SMILES string of the molecule is C=C(O)c1ccc(-c2ccccc2OC(F)(F)F)c(C(F)(F)F)c1. The summed E-state index contributed by atoms with van der Waals surface area (Å²) in [5.41, 5.74) is -2.29. The molecule has 1 N–H and O–H groups in total. The smallest absolute Gasteiger partial charge is 0.508 e. The maximum absolute atomic E-state index is 13.3. The van der Waals surface area contributed by atoms with Crippen LogP contribution in [-0.4, -0.2) is 11.5 Å². The van der Waals surface area contributed by atoms with E-state index in [2.05, 4.69) is 11.3 Å². The van der Waals surface area contributed by atoms with Gasteiger partial charge in [-0.1, -0.05) is 36.9 Å². The normalized spacial score (nSPS) is 12.1. The number of halogens is 6. The molecule has 0 radical (unpaired) electrons. The molecule has 0 aliphatic rings. The third kappa shape index (κ3) is 4.01. The van der Waals surface area contributed by atoms with Crippen molar-refractivity contribution in [3.8, 4) is 16.9 Å². The summed E-state index contributed by atoms with van der Waals surface area (Å²) in [5, 5.41) is 9.25. The molecular formula is C16H10F6O2. The predicted octanol–water partition coefficient (Wildman–Crippen LogP) is 5.80.